The van der Waals surface area contributed by atoms with Crippen molar-refractivity contribution in [1.29, 1.82) is 0 Å². The van der Waals surface area contributed by atoms with Gasteiger partial charge in [0.25, 0.3) is 5.91 Å². The Morgan fingerprint density at radius 3 is 2.52 bits per heavy atom. The molecule has 4 rings (SSSR count). The Hall–Kier alpha value is -3.17. The zero-order chi connectivity index (χ0) is 23.4. The van der Waals surface area contributed by atoms with Crippen LogP contribution in [0.3, 0.4) is 0 Å². The Morgan fingerprint density at radius 2 is 1.85 bits per heavy atom. The summed E-state index contributed by atoms with van der Waals surface area (Å²) in [7, 11) is 1.58. The fraction of sp³-hybridized carbons (Fsp3) is 0.333. The SMILES string of the molecule is COc1ccc2nc(C(=O)NCC(c3ccc(C(F)(F)F)cc3)N3CCOCC3)ccc2c1. The van der Waals surface area contributed by atoms with Crippen LogP contribution >= 0.6 is 0 Å². The van der Waals surface area contributed by atoms with Gasteiger partial charge in [0.1, 0.15) is 11.4 Å². The molecule has 174 valence electrons. The smallest absolute Gasteiger partial charge is 0.416 e. The number of methoxy groups -OCH3 is 1. The van der Waals surface area contributed by atoms with Crippen molar-refractivity contribution in [2.45, 2.75) is 12.2 Å². The summed E-state index contributed by atoms with van der Waals surface area (Å²) < 4.78 is 49.5. The lowest BCUT2D eigenvalue weighted by molar-refractivity contribution is -0.137. The van der Waals surface area contributed by atoms with Crippen molar-refractivity contribution in [3.63, 3.8) is 0 Å². The van der Waals surface area contributed by atoms with E-state index in [-0.39, 0.29) is 24.2 Å². The number of alkyl halides is 3. The van der Waals surface area contributed by atoms with E-state index in [1.165, 1.54) is 12.1 Å². The van der Waals surface area contributed by atoms with Crippen LogP contribution in [-0.2, 0) is 10.9 Å². The fourth-order valence-electron chi connectivity index (χ4n) is 3.88. The van der Waals surface area contributed by atoms with Crippen molar-refractivity contribution in [2.75, 3.05) is 40.0 Å². The molecule has 1 N–H and O–H groups in total. The molecular weight excluding hydrogens is 435 g/mol. The van der Waals surface area contributed by atoms with Crippen LogP contribution in [0, 0.1) is 0 Å². The maximum atomic E-state index is 13.0. The summed E-state index contributed by atoms with van der Waals surface area (Å²) in [5.74, 6) is 0.351. The van der Waals surface area contributed by atoms with Gasteiger partial charge in [-0.05, 0) is 42.0 Å². The number of rotatable bonds is 6. The Kier molecular flexibility index (Phi) is 6.80. The van der Waals surface area contributed by atoms with Gasteiger partial charge >= 0.3 is 6.18 Å². The molecule has 0 radical (unpaired) electrons. The first-order valence-corrected chi connectivity index (χ1v) is 10.6. The van der Waals surface area contributed by atoms with E-state index in [1.807, 2.05) is 6.07 Å². The Balaban J connectivity index is 1.51. The normalized spacial score (nSPS) is 15.9. The lowest BCUT2D eigenvalue weighted by Crippen LogP contribution is -2.44. The van der Waals surface area contributed by atoms with Gasteiger partial charge < -0.3 is 14.8 Å². The minimum Gasteiger partial charge on any atom is -0.497 e. The lowest BCUT2D eigenvalue weighted by Gasteiger charge is -2.35. The van der Waals surface area contributed by atoms with Gasteiger partial charge in [0.05, 0.1) is 37.4 Å². The molecule has 0 spiro atoms. The van der Waals surface area contributed by atoms with E-state index in [0.29, 0.717) is 43.1 Å². The number of hydrogen-bond acceptors (Lipinski definition) is 5. The molecule has 2 heterocycles. The van der Waals surface area contributed by atoms with Gasteiger partial charge in [-0.2, -0.15) is 13.2 Å². The largest absolute Gasteiger partial charge is 0.497 e. The standard InChI is InChI=1S/C24H24F3N3O3/c1-32-19-7-9-20-17(14-19)4-8-21(29-20)23(31)28-15-22(30-10-12-33-13-11-30)16-2-5-18(6-3-16)24(25,26)27/h2-9,14,22H,10-13,15H2,1H3,(H,28,31). The van der Waals surface area contributed by atoms with Gasteiger partial charge in [0.15, 0.2) is 0 Å². The minimum atomic E-state index is -4.40. The highest BCUT2D eigenvalue weighted by Crippen LogP contribution is 2.31. The number of nitrogens with zero attached hydrogens (tertiary/aromatic N) is 2. The number of fused-ring (bicyclic) bond motifs is 1. The molecule has 1 aromatic heterocycles. The van der Waals surface area contributed by atoms with Crippen molar-refractivity contribution in [3.8, 4) is 5.75 Å². The number of carbonyl (C=O) groups is 1. The molecule has 1 aliphatic heterocycles. The van der Waals surface area contributed by atoms with E-state index >= 15 is 0 Å². The predicted molar refractivity (Wildman–Crippen MR) is 117 cm³/mol. The molecule has 0 saturated carbocycles. The van der Waals surface area contributed by atoms with Crippen LogP contribution in [0.2, 0.25) is 0 Å². The van der Waals surface area contributed by atoms with Crippen LogP contribution in [0.25, 0.3) is 10.9 Å². The maximum Gasteiger partial charge on any atom is 0.416 e. The molecule has 1 atom stereocenters. The summed E-state index contributed by atoms with van der Waals surface area (Å²) in [4.78, 5) is 19.4. The number of carbonyl (C=O) groups excluding carboxylic acids is 1. The average Bonchev–Trinajstić information content (AvgIpc) is 2.83. The highest BCUT2D eigenvalue weighted by atomic mass is 19.4. The van der Waals surface area contributed by atoms with E-state index in [1.54, 1.807) is 31.4 Å². The number of pyridine rings is 1. The zero-order valence-electron chi connectivity index (χ0n) is 18.1. The molecule has 1 fully saturated rings. The third kappa shape index (κ3) is 5.43. The number of hydrogen-bond donors (Lipinski definition) is 1. The van der Waals surface area contributed by atoms with E-state index < -0.39 is 11.7 Å². The Labute approximate surface area is 189 Å². The van der Waals surface area contributed by atoms with E-state index in [2.05, 4.69) is 15.2 Å². The highest BCUT2D eigenvalue weighted by Gasteiger charge is 2.31. The second-order valence-electron chi connectivity index (χ2n) is 7.75. The summed E-state index contributed by atoms with van der Waals surface area (Å²) in [6.07, 6.45) is -4.40. The molecule has 9 heteroatoms. The van der Waals surface area contributed by atoms with Crippen LogP contribution < -0.4 is 10.1 Å². The third-order valence-electron chi connectivity index (χ3n) is 5.69. The van der Waals surface area contributed by atoms with Gasteiger partial charge in [-0.1, -0.05) is 18.2 Å². The van der Waals surface area contributed by atoms with Crippen molar-refractivity contribution in [1.82, 2.24) is 15.2 Å². The Morgan fingerprint density at radius 1 is 1.12 bits per heavy atom. The molecule has 1 unspecified atom stereocenters. The number of aromatic nitrogens is 1. The molecule has 2 aromatic carbocycles. The summed E-state index contributed by atoms with van der Waals surface area (Å²) in [6, 6.07) is 13.6. The number of morpholine rings is 1. The first-order valence-electron chi connectivity index (χ1n) is 10.6. The van der Waals surface area contributed by atoms with Crippen LogP contribution in [0.15, 0.2) is 54.6 Å². The zero-order valence-corrected chi connectivity index (χ0v) is 18.1. The predicted octanol–water partition coefficient (Wildman–Crippen LogP) is 4.07. The molecule has 1 aliphatic rings. The van der Waals surface area contributed by atoms with Crippen LogP contribution in [-0.4, -0.2) is 55.7 Å². The van der Waals surface area contributed by atoms with Crippen LogP contribution in [0.1, 0.15) is 27.7 Å². The number of ether oxygens (including phenoxy) is 2. The van der Waals surface area contributed by atoms with E-state index in [0.717, 1.165) is 17.5 Å². The molecule has 33 heavy (non-hydrogen) atoms. The third-order valence-corrected chi connectivity index (χ3v) is 5.69. The van der Waals surface area contributed by atoms with Crippen LogP contribution in [0.5, 0.6) is 5.75 Å². The topological polar surface area (TPSA) is 63.7 Å². The lowest BCUT2D eigenvalue weighted by atomic mass is 10.0. The second-order valence-corrected chi connectivity index (χ2v) is 7.75. The van der Waals surface area contributed by atoms with E-state index in [9.17, 15) is 18.0 Å². The number of benzene rings is 2. The van der Waals surface area contributed by atoms with Gasteiger partial charge in [-0.25, -0.2) is 4.98 Å². The van der Waals surface area contributed by atoms with E-state index in [4.69, 9.17) is 9.47 Å². The van der Waals surface area contributed by atoms with Gasteiger partial charge in [-0.3, -0.25) is 9.69 Å². The summed E-state index contributed by atoms with van der Waals surface area (Å²) in [6.45, 7) is 2.53. The monoisotopic (exact) mass is 459 g/mol. The number of halogens is 3. The number of nitrogens with one attached hydrogen (secondary N) is 1. The van der Waals surface area contributed by atoms with Crippen molar-refractivity contribution in [3.05, 3.63) is 71.4 Å². The Bertz CT molecular complexity index is 1110. The summed E-state index contributed by atoms with van der Waals surface area (Å²) >= 11 is 0. The van der Waals surface area contributed by atoms with Gasteiger partial charge in [0, 0.05) is 25.0 Å². The average molecular weight is 459 g/mol. The summed E-state index contributed by atoms with van der Waals surface area (Å²) in [5, 5.41) is 3.75. The summed E-state index contributed by atoms with van der Waals surface area (Å²) in [5.41, 5.74) is 0.925. The first-order chi connectivity index (χ1) is 15.8. The van der Waals surface area contributed by atoms with Crippen molar-refractivity contribution in [2.24, 2.45) is 0 Å². The minimum absolute atomic E-state index is 0.229. The van der Waals surface area contributed by atoms with Gasteiger partial charge in [-0.15, -0.1) is 0 Å². The van der Waals surface area contributed by atoms with Crippen LogP contribution in [0.4, 0.5) is 13.2 Å². The molecule has 3 aromatic rings. The van der Waals surface area contributed by atoms with Gasteiger partial charge in [0.2, 0.25) is 0 Å². The maximum absolute atomic E-state index is 13.0. The highest BCUT2D eigenvalue weighted by molar-refractivity contribution is 5.95. The van der Waals surface area contributed by atoms with Crippen molar-refractivity contribution < 1.29 is 27.4 Å². The molecule has 1 amide bonds. The quantitative estimate of drug-likeness (QED) is 0.602. The second kappa shape index (κ2) is 9.76. The molecule has 0 bridgehead atoms. The molecule has 6 nitrogen and oxygen atoms in total. The molecule has 1 saturated heterocycles. The number of amides is 1. The van der Waals surface area contributed by atoms with Crippen molar-refractivity contribution >= 4 is 16.8 Å². The molecular formula is C24H24F3N3O3. The molecule has 0 aliphatic carbocycles. The fourth-order valence-corrected chi connectivity index (χ4v) is 3.88. The first kappa shape index (κ1) is 23.0.